The molecule has 0 saturated heterocycles. The van der Waals surface area contributed by atoms with Crippen molar-refractivity contribution >= 4 is 12.0 Å². The third kappa shape index (κ3) is 3.54. The molecule has 0 aliphatic heterocycles. The van der Waals surface area contributed by atoms with Crippen molar-refractivity contribution in [2.24, 2.45) is 0 Å². The number of carbonyl (C=O) groups is 1. The summed E-state index contributed by atoms with van der Waals surface area (Å²) in [5.41, 5.74) is 2.46. The van der Waals surface area contributed by atoms with Gasteiger partial charge < -0.3 is 5.32 Å². The van der Waals surface area contributed by atoms with Crippen LogP contribution < -0.4 is 5.32 Å². The van der Waals surface area contributed by atoms with Crippen molar-refractivity contribution in [1.29, 1.82) is 0 Å². The van der Waals surface area contributed by atoms with Crippen LogP contribution >= 0.6 is 0 Å². The maximum absolute atomic E-state index is 11.1. The topological polar surface area (TPSA) is 29.1 Å². The second-order valence-corrected chi connectivity index (χ2v) is 4.82. The van der Waals surface area contributed by atoms with E-state index >= 15 is 0 Å². The molecule has 1 aromatic carbocycles. The van der Waals surface area contributed by atoms with E-state index in [1.165, 1.54) is 5.56 Å². The molecule has 0 aromatic heterocycles. The van der Waals surface area contributed by atoms with E-state index in [-0.39, 0.29) is 11.3 Å². The first kappa shape index (κ1) is 12.5. The van der Waals surface area contributed by atoms with Crippen LogP contribution in [0.5, 0.6) is 0 Å². The minimum Gasteiger partial charge on any atom is -0.356 e. The summed E-state index contributed by atoms with van der Waals surface area (Å²) in [7, 11) is 1.62. The molecule has 0 aliphatic carbocycles. The molecule has 2 heteroatoms. The molecule has 86 valence electrons. The van der Waals surface area contributed by atoms with Gasteiger partial charge in [0, 0.05) is 13.1 Å². The van der Waals surface area contributed by atoms with Crippen molar-refractivity contribution in [2.75, 3.05) is 7.05 Å². The molecule has 0 heterocycles. The smallest absolute Gasteiger partial charge is 0.243 e. The van der Waals surface area contributed by atoms with Gasteiger partial charge in [-0.25, -0.2) is 0 Å². The summed E-state index contributed by atoms with van der Waals surface area (Å²) in [5, 5.41) is 2.55. The summed E-state index contributed by atoms with van der Waals surface area (Å²) in [4.78, 5) is 11.1. The molecule has 0 radical (unpaired) electrons. The third-order valence-electron chi connectivity index (χ3n) is 2.43. The third-order valence-corrected chi connectivity index (χ3v) is 2.43. The van der Waals surface area contributed by atoms with Gasteiger partial charge in [-0.2, -0.15) is 0 Å². The molecule has 1 rings (SSSR count). The molecule has 1 aromatic rings. The van der Waals surface area contributed by atoms with Crippen LogP contribution in [0.1, 0.15) is 31.9 Å². The second kappa shape index (κ2) is 4.97. The first-order chi connectivity index (χ1) is 7.43. The fraction of sp³-hybridized carbons (Fsp3) is 0.357. The zero-order chi connectivity index (χ0) is 12.2. The lowest BCUT2D eigenvalue weighted by molar-refractivity contribution is -0.115. The molecule has 0 bridgehead atoms. The Bertz CT molecular complexity index is 399. The number of hydrogen-bond acceptors (Lipinski definition) is 1. The zero-order valence-electron chi connectivity index (χ0n) is 10.4. The molecular weight excluding hydrogens is 198 g/mol. The fourth-order valence-electron chi connectivity index (χ4n) is 1.36. The van der Waals surface area contributed by atoms with Crippen molar-refractivity contribution in [2.45, 2.75) is 26.2 Å². The minimum absolute atomic E-state index is 0.0823. The van der Waals surface area contributed by atoms with E-state index in [1.807, 2.05) is 18.2 Å². The summed E-state index contributed by atoms with van der Waals surface area (Å²) in [5.74, 6) is -0.0823. The minimum atomic E-state index is -0.0823. The van der Waals surface area contributed by atoms with Crippen LogP contribution in [-0.2, 0) is 10.2 Å². The van der Waals surface area contributed by atoms with Crippen molar-refractivity contribution in [3.63, 3.8) is 0 Å². The number of amides is 1. The number of hydrogen-bond donors (Lipinski definition) is 1. The number of benzene rings is 1. The van der Waals surface area contributed by atoms with Gasteiger partial charge in [-0.15, -0.1) is 0 Å². The van der Waals surface area contributed by atoms with Crippen molar-refractivity contribution < 1.29 is 4.79 Å². The van der Waals surface area contributed by atoms with E-state index in [2.05, 4.69) is 38.2 Å². The molecule has 0 atom stereocenters. The Morgan fingerprint density at radius 3 is 2.56 bits per heavy atom. The Balaban J connectivity index is 2.91. The summed E-state index contributed by atoms with van der Waals surface area (Å²) >= 11 is 0. The molecule has 0 aliphatic rings. The highest BCUT2D eigenvalue weighted by Crippen LogP contribution is 2.23. The first-order valence-corrected chi connectivity index (χ1v) is 5.44. The summed E-state index contributed by atoms with van der Waals surface area (Å²) in [6.45, 7) is 6.53. The van der Waals surface area contributed by atoms with Gasteiger partial charge in [0.1, 0.15) is 0 Å². The van der Waals surface area contributed by atoms with E-state index in [0.717, 1.165) is 5.56 Å². The average molecular weight is 217 g/mol. The number of nitrogens with one attached hydrogen (secondary N) is 1. The second-order valence-electron chi connectivity index (χ2n) is 4.82. The van der Waals surface area contributed by atoms with Gasteiger partial charge in [0.25, 0.3) is 0 Å². The quantitative estimate of drug-likeness (QED) is 0.758. The number of rotatable bonds is 2. The highest BCUT2D eigenvalue weighted by Gasteiger charge is 2.12. The summed E-state index contributed by atoms with van der Waals surface area (Å²) in [6.07, 6.45) is 3.37. The Hall–Kier alpha value is -1.57. The van der Waals surface area contributed by atoms with Crippen LogP contribution in [0.15, 0.2) is 30.3 Å². The lowest BCUT2D eigenvalue weighted by Gasteiger charge is -2.19. The Morgan fingerprint density at radius 1 is 1.31 bits per heavy atom. The van der Waals surface area contributed by atoms with Crippen LogP contribution in [0.3, 0.4) is 0 Å². The molecule has 1 N–H and O–H groups in total. The van der Waals surface area contributed by atoms with Crippen LogP contribution in [0.25, 0.3) is 6.08 Å². The standard InChI is InChI=1S/C14H19NO/c1-14(2,3)12-7-5-6-11(10-12)8-9-13(16)15-4/h5-10H,1-4H3,(H,15,16)/b9-8+. The molecule has 16 heavy (non-hydrogen) atoms. The summed E-state index contributed by atoms with van der Waals surface area (Å²) in [6, 6.07) is 8.23. The molecule has 0 spiro atoms. The van der Waals surface area contributed by atoms with E-state index < -0.39 is 0 Å². The van der Waals surface area contributed by atoms with Gasteiger partial charge in [0.05, 0.1) is 0 Å². The molecule has 0 saturated carbocycles. The maximum Gasteiger partial charge on any atom is 0.243 e. The zero-order valence-corrected chi connectivity index (χ0v) is 10.4. The van der Waals surface area contributed by atoms with E-state index in [0.29, 0.717) is 0 Å². The fourth-order valence-corrected chi connectivity index (χ4v) is 1.36. The molecule has 1 amide bonds. The predicted octanol–water partition coefficient (Wildman–Crippen LogP) is 2.74. The first-order valence-electron chi connectivity index (χ1n) is 5.44. The lowest BCUT2D eigenvalue weighted by Crippen LogP contribution is -2.14. The SMILES string of the molecule is CNC(=O)/C=C/c1cccc(C(C)(C)C)c1. The van der Waals surface area contributed by atoms with Crippen LogP contribution in [0.2, 0.25) is 0 Å². The van der Waals surface area contributed by atoms with Crippen molar-refractivity contribution in [3.8, 4) is 0 Å². The maximum atomic E-state index is 11.1. The van der Waals surface area contributed by atoms with E-state index in [1.54, 1.807) is 13.1 Å². The highest BCUT2D eigenvalue weighted by molar-refractivity contribution is 5.91. The van der Waals surface area contributed by atoms with Gasteiger partial charge >= 0.3 is 0 Å². The van der Waals surface area contributed by atoms with E-state index in [9.17, 15) is 4.79 Å². The Kier molecular flexibility index (Phi) is 3.88. The molecule has 0 fully saturated rings. The summed E-state index contributed by atoms with van der Waals surface area (Å²) < 4.78 is 0. The number of carbonyl (C=O) groups excluding carboxylic acids is 1. The van der Waals surface area contributed by atoms with Gasteiger partial charge in [-0.1, -0.05) is 45.0 Å². The normalized spacial score (nSPS) is 11.8. The van der Waals surface area contributed by atoms with Gasteiger partial charge in [0.2, 0.25) is 5.91 Å². The van der Waals surface area contributed by atoms with Gasteiger partial charge in [-0.3, -0.25) is 4.79 Å². The Labute approximate surface area is 97.4 Å². The van der Waals surface area contributed by atoms with Crippen LogP contribution in [0, 0.1) is 0 Å². The lowest BCUT2D eigenvalue weighted by atomic mass is 9.86. The average Bonchev–Trinajstić information content (AvgIpc) is 2.25. The van der Waals surface area contributed by atoms with E-state index in [4.69, 9.17) is 0 Å². The van der Waals surface area contributed by atoms with Crippen LogP contribution in [-0.4, -0.2) is 13.0 Å². The number of likely N-dealkylation sites (N-methyl/N-ethyl adjacent to an activating group) is 1. The largest absolute Gasteiger partial charge is 0.356 e. The van der Waals surface area contributed by atoms with Crippen LogP contribution in [0.4, 0.5) is 0 Å². The van der Waals surface area contributed by atoms with Gasteiger partial charge in [-0.05, 0) is 22.6 Å². The molecular formula is C14H19NO. The molecule has 2 nitrogen and oxygen atoms in total. The Morgan fingerprint density at radius 2 is 2.00 bits per heavy atom. The molecule has 0 unspecified atom stereocenters. The van der Waals surface area contributed by atoms with Gasteiger partial charge in [0.15, 0.2) is 0 Å². The monoisotopic (exact) mass is 217 g/mol. The van der Waals surface area contributed by atoms with Crippen molar-refractivity contribution in [1.82, 2.24) is 5.32 Å². The predicted molar refractivity (Wildman–Crippen MR) is 68.2 cm³/mol. The van der Waals surface area contributed by atoms with Crippen molar-refractivity contribution in [3.05, 3.63) is 41.5 Å². The highest BCUT2D eigenvalue weighted by atomic mass is 16.1.